The van der Waals surface area contributed by atoms with Gasteiger partial charge in [-0.05, 0) is 50.0 Å². The van der Waals surface area contributed by atoms with Gasteiger partial charge in [-0.1, -0.05) is 17.7 Å². The van der Waals surface area contributed by atoms with Gasteiger partial charge in [0.25, 0.3) is 5.91 Å². The molecule has 1 amide bonds. The summed E-state index contributed by atoms with van der Waals surface area (Å²) >= 11 is 9.43. The summed E-state index contributed by atoms with van der Waals surface area (Å²) in [6.45, 7) is 0.548. The second-order valence-corrected chi connectivity index (χ2v) is 7.32. The van der Waals surface area contributed by atoms with Crippen molar-refractivity contribution in [3.8, 4) is 0 Å². The van der Waals surface area contributed by atoms with Gasteiger partial charge >= 0.3 is 0 Å². The van der Waals surface area contributed by atoms with Gasteiger partial charge in [-0.2, -0.15) is 0 Å². The Morgan fingerprint density at radius 2 is 2.18 bits per heavy atom. The average Bonchev–Trinajstić information content (AvgIpc) is 3.01. The summed E-state index contributed by atoms with van der Waals surface area (Å²) in [5, 5.41) is 5.52. The number of thiophene rings is 1. The highest BCUT2D eigenvalue weighted by atomic mass is 35.5. The van der Waals surface area contributed by atoms with Crippen molar-refractivity contribution in [3.05, 3.63) is 51.2 Å². The molecule has 1 unspecified atom stereocenters. The lowest BCUT2D eigenvalue weighted by Crippen LogP contribution is -2.34. The monoisotopic (exact) mass is 354 g/mol. The molecule has 1 aromatic heterocycles. The molecule has 6 heteroatoms. The number of amides is 1. The predicted octanol–water partition coefficient (Wildman–Crippen LogP) is 4.16. The van der Waals surface area contributed by atoms with Gasteiger partial charge in [-0.25, -0.2) is 0 Å². The van der Waals surface area contributed by atoms with Crippen molar-refractivity contribution in [3.63, 3.8) is 0 Å². The van der Waals surface area contributed by atoms with Crippen LogP contribution in [0, 0.1) is 0 Å². The number of benzene rings is 1. The molecule has 0 bridgehead atoms. The molecule has 1 N–H and O–H groups in total. The second-order valence-electron chi connectivity index (χ2n) is 5.05. The fraction of sp³-hybridized carbons (Fsp3) is 0.312. The summed E-state index contributed by atoms with van der Waals surface area (Å²) in [5.41, 5.74) is 0.525. The number of thioether (sulfide) groups is 1. The summed E-state index contributed by atoms with van der Waals surface area (Å²) in [4.78, 5) is 16.8. The largest absolute Gasteiger partial charge is 0.350 e. The standard InChI is InChI=1S/C16H19ClN2OS2/c1-19(2)14(15-5-4-8-22-15)10-18-16(20)12-9-11(21-3)6-7-13(12)17/h4-9,14H,10H2,1-3H3,(H,18,20). The highest BCUT2D eigenvalue weighted by Gasteiger charge is 2.18. The van der Waals surface area contributed by atoms with Crippen molar-refractivity contribution in [2.24, 2.45) is 0 Å². The van der Waals surface area contributed by atoms with E-state index in [0.717, 1.165) is 4.90 Å². The Labute approximate surface area is 144 Å². The summed E-state index contributed by atoms with van der Waals surface area (Å²) in [6, 6.07) is 9.78. The molecule has 3 nitrogen and oxygen atoms in total. The van der Waals surface area contributed by atoms with Crippen LogP contribution in [0.1, 0.15) is 21.3 Å². The molecule has 2 aromatic rings. The van der Waals surface area contributed by atoms with Crippen molar-refractivity contribution in [1.82, 2.24) is 10.2 Å². The van der Waals surface area contributed by atoms with Crippen LogP contribution in [0.4, 0.5) is 0 Å². The first-order valence-electron chi connectivity index (χ1n) is 6.84. The van der Waals surface area contributed by atoms with Gasteiger partial charge in [0.1, 0.15) is 0 Å². The summed E-state index contributed by atoms with van der Waals surface area (Å²) in [6.07, 6.45) is 1.98. The molecule has 22 heavy (non-hydrogen) atoms. The van der Waals surface area contributed by atoms with Crippen molar-refractivity contribution < 1.29 is 4.79 Å². The molecule has 1 heterocycles. The first-order chi connectivity index (χ1) is 10.5. The maximum Gasteiger partial charge on any atom is 0.252 e. The molecule has 0 radical (unpaired) electrons. The number of carbonyl (C=O) groups excluding carboxylic acids is 1. The average molecular weight is 355 g/mol. The SMILES string of the molecule is CSc1ccc(Cl)c(C(=O)NCC(c2cccs2)N(C)C)c1. The third kappa shape index (κ3) is 4.26. The van der Waals surface area contributed by atoms with Crippen LogP contribution in [0.3, 0.4) is 0 Å². The lowest BCUT2D eigenvalue weighted by molar-refractivity contribution is 0.0942. The lowest BCUT2D eigenvalue weighted by Gasteiger charge is -2.23. The van der Waals surface area contributed by atoms with E-state index in [1.165, 1.54) is 4.88 Å². The van der Waals surface area contributed by atoms with Crippen LogP contribution >= 0.6 is 34.7 Å². The van der Waals surface area contributed by atoms with Gasteiger partial charge in [0.15, 0.2) is 0 Å². The van der Waals surface area contributed by atoms with E-state index in [4.69, 9.17) is 11.6 Å². The maximum atomic E-state index is 12.4. The summed E-state index contributed by atoms with van der Waals surface area (Å²) in [7, 11) is 4.02. The Balaban J connectivity index is 2.08. The highest BCUT2D eigenvalue weighted by molar-refractivity contribution is 7.98. The first-order valence-corrected chi connectivity index (χ1v) is 9.32. The number of carbonyl (C=O) groups is 1. The van der Waals surface area contributed by atoms with Crippen molar-refractivity contribution in [1.29, 1.82) is 0 Å². The quantitative estimate of drug-likeness (QED) is 0.791. The molecule has 1 aromatic carbocycles. The van der Waals surface area contributed by atoms with Crippen LogP contribution in [0.15, 0.2) is 40.6 Å². The van der Waals surface area contributed by atoms with E-state index in [9.17, 15) is 4.79 Å². The zero-order valence-electron chi connectivity index (χ0n) is 12.8. The molecule has 118 valence electrons. The van der Waals surface area contributed by atoms with Crippen molar-refractivity contribution in [2.45, 2.75) is 10.9 Å². The molecule has 0 spiro atoms. The highest BCUT2D eigenvalue weighted by Crippen LogP contribution is 2.24. The molecule has 1 atom stereocenters. The second kappa shape index (κ2) is 8.02. The fourth-order valence-corrected chi connectivity index (χ4v) is 3.67. The fourth-order valence-electron chi connectivity index (χ4n) is 2.11. The van der Waals surface area contributed by atoms with Crippen LogP contribution in [-0.2, 0) is 0 Å². The number of rotatable bonds is 6. The van der Waals surface area contributed by atoms with Crippen molar-refractivity contribution in [2.75, 3.05) is 26.9 Å². The third-order valence-electron chi connectivity index (χ3n) is 3.37. The smallest absolute Gasteiger partial charge is 0.252 e. The van der Waals surface area contributed by atoms with Gasteiger partial charge in [-0.3, -0.25) is 4.79 Å². The van der Waals surface area contributed by atoms with Gasteiger partial charge in [0.2, 0.25) is 0 Å². The molecule has 0 saturated carbocycles. The van der Waals surface area contributed by atoms with E-state index in [2.05, 4.69) is 16.3 Å². The summed E-state index contributed by atoms with van der Waals surface area (Å²) < 4.78 is 0. The predicted molar refractivity (Wildman–Crippen MR) is 96.3 cm³/mol. The first kappa shape index (κ1) is 17.3. The van der Waals surface area contributed by atoms with Crippen LogP contribution < -0.4 is 5.32 Å². The number of hydrogen-bond acceptors (Lipinski definition) is 4. The Bertz CT molecular complexity index is 629. The van der Waals surface area contributed by atoms with E-state index >= 15 is 0 Å². The van der Waals surface area contributed by atoms with Crippen LogP contribution in [0.5, 0.6) is 0 Å². The van der Waals surface area contributed by atoms with Gasteiger partial charge in [-0.15, -0.1) is 23.1 Å². The molecule has 0 aliphatic carbocycles. The Hall–Kier alpha value is -1.01. The van der Waals surface area contributed by atoms with E-state index in [0.29, 0.717) is 17.1 Å². The van der Waals surface area contributed by atoms with Gasteiger partial charge in [0.05, 0.1) is 16.6 Å². The zero-order chi connectivity index (χ0) is 16.1. The minimum Gasteiger partial charge on any atom is -0.350 e. The van der Waals surface area contributed by atoms with Gasteiger partial charge in [0, 0.05) is 16.3 Å². The van der Waals surface area contributed by atoms with E-state index < -0.39 is 0 Å². The molecule has 0 saturated heterocycles. The van der Waals surface area contributed by atoms with Crippen LogP contribution in [-0.4, -0.2) is 37.7 Å². The Morgan fingerprint density at radius 3 is 2.77 bits per heavy atom. The van der Waals surface area contributed by atoms with Crippen LogP contribution in [0.2, 0.25) is 5.02 Å². The Kier molecular flexibility index (Phi) is 6.32. The summed E-state index contributed by atoms with van der Waals surface area (Å²) in [5.74, 6) is -0.135. The van der Waals surface area contributed by atoms with E-state index in [1.807, 2.05) is 43.9 Å². The molecular weight excluding hydrogens is 336 g/mol. The third-order valence-corrected chi connectivity index (χ3v) is 5.40. The number of nitrogens with zero attached hydrogens (tertiary/aromatic N) is 1. The minimum absolute atomic E-state index is 0.135. The minimum atomic E-state index is -0.135. The number of halogens is 1. The van der Waals surface area contributed by atoms with E-state index in [1.54, 1.807) is 29.2 Å². The van der Waals surface area contributed by atoms with Crippen LogP contribution in [0.25, 0.3) is 0 Å². The maximum absolute atomic E-state index is 12.4. The molecular formula is C16H19ClN2OS2. The Morgan fingerprint density at radius 1 is 1.41 bits per heavy atom. The topological polar surface area (TPSA) is 32.3 Å². The van der Waals surface area contributed by atoms with Crippen molar-refractivity contribution >= 4 is 40.6 Å². The molecule has 0 aliphatic heterocycles. The lowest BCUT2D eigenvalue weighted by atomic mass is 10.2. The molecule has 0 fully saturated rings. The van der Waals surface area contributed by atoms with Gasteiger partial charge < -0.3 is 10.2 Å². The zero-order valence-corrected chi connectivity index (χ0v) is 15.2. The molecule has 2 rings (SSSR count). The number of likely N-dealkylation sites (N-methyl/N-ethyl adjacent to an activating group) is 1. The normalized spacial score (nSPS) is 12.4. The molecule has 0 aliphatic rings. The number of hydrogen-bond donors (Lipinski definition) is 1. The number of nitrogens with one attached hydrogen (secondary N) is 1. The van der Waals surface area contributed by atoms with E-state index in [-0.39, 0.29) is 11.9 Å².